The van der Waals surface area contributed by atoms with Crippen molar-refractivity contribution in [2.75, 3.05) is 18.9 Å². The molecule has 1 unspecified atom stereocenters. The van der Waals surface area contributed by atoms with Gasteiger partial charge in [0.1, 0.15) is 0 Å². The van der Waals surface area contributed by atoms with Crippen LogP contribution in [0.25, 0.3) is 10.9 Å². The Morgan fingerprint density at radius 2 is 1.65 bits per heavy atom. The normalized spacial score (nSPS) is 12.1. The molecule has 31 heavy (non-hydrogen) atoms. The summed E-state index contributed by atoms with van der Waals surface area (Å²) in [5.74, 6) is -0.319. The third-order valence-electron chi connectivity index (χ3n) is 5.20. The SMILES string of the molecule is CN(CC(=O)Nc1ccccc1Cl)C(C(=O)c1c[nH]c2ccccc12)c1ccccc1. The lowest BCUT2D eigenvalue weighted by atomic mass is 9.96. The summed E-state index contributed by atoms with van der Waals surface area (Å²) >= 11 is 6.15. The predicted molar refractivity (Wildman–Crippen MR) is 125 cm³/mol. The number of carbonyl (C=O) groups excluding carboxylic acids is 2. The van der Waals surface area contributed by atoms with E-state index < -0.39 is 6.04 Å². The standard InChI is InChI=1S/C25H22ClN3O2/c1-29(16-23(30)28-22-14-8-6-12-20(22)26)24(17-9-3-2-4-10-17)25(31)19-15-27-21-13-7-5-11-18(19)21/h2-15,24,27H,16H2,1H3,(H,28,30). The molecule has 0 aliphatic carbocycles. The lowest BCUT2D eigenvalue weighted by molar-refractivity contribution is -0.117. The predicted octanol–water partition coefficient (Wildman–Crippen LogP) is 5.32. The van der Waals surface area contributed by atoms with Crippen molar-refractivity contribution < 1.29 is 9.59 Å². The van der Waals surface area contributed by atoms with Crippen molar-refractivity contribution in [1.82, 2.24) is 9.88 Å². The summed E-state index contributed by atoms with van der Waals surface area (Å²) < 4.78 is 0. The molecule has 1 amide bonds. The number of benzene rings is 3. The van der Waals surface area contributed by atoms with Crippen LogP contribution in [0.2, 0.25) is 5.02 Å². The fraction of sp³-hybridized carbons (Fsp3) is 0.120. The van der Waals surface area contributed by atoms with Crippen molar-refractivity contribution >= 4 is 39.9 Å². The van der Waals surface area contributed by atoms with Gasteiger partial charge in [0.25, 0.3) is 0 Å². The van der Waals surface area contributed by atoms with Gasteiger partial charge in [0, 0.05) is 22.7 Å². The summed E-state index contributed by atoms with van der Waals surface area (Å²) in [6.45, 7) is 0.0267. The van der Waals surface area contributed by atoms with Gasteiger partial charge in [-0.2, -0.15) is 0 Å². The molecular weight excluding hydrogens is 410 g/mol. The molecule has 1 heterocycles. The average molecular weight is 432 g/mol. The summed E-state index contributed by atoms with van der Waals surface area (Å²) in [5.41, 5.74) is 2.87. The maximum atomic E-state index is 13.6. The van der Waals surface area contributed by atoms with Crippen LogP contribution in [0.3, 0.4) is 0 Å². The van der Waals surface area contributed by atoms with E-state index in [9.17, 15) is 9.59 Å². The van der Waals surface area contributed by atoms with Gasteiger partial charge in [-0.05, 0) is 30.8 Å². The van der Waals surface area contributed by atoms with Crippen molar-refractivity contribution in [2.24, 2.45) is 0 Å². The van der Waals surface area contributed by atoms with Gasteiger partial charge in [0.2, 0.25) is 5.91 Å². The minimum atomic E-state index is -0.614. The van der Waals surface area contributed by atoms with Crippen LogP contribution < -0.4 is 5.32 Å². The molecule has 0 fully saturated rings. The number of halogens is 1. The Morgan fingerprint density at radius 3 is 2.42 bits per heavy atom. The van der Waals surface area contributed by atoms with Gasteiger partial charge in [-0.3, -0.25) is 14.5 Å². The molecule has 0 aliphatic rings. The lowest BCUT2D eigenvalue weighted by Crippen LogP contribution is -2.37. The molecule has 0 saturated carbocycles. The van der Waals surface area contributed by atoms with Crippen LogP contribution >= 0.6 is 11.6 Å². The highest BCUT2D eigenvalue weighted by Crippen LogP contribution is 2.28. The first kappa shape index (κ1) is 20.8. The van der Waals surface area contributed by atoms with Crippen molar-refractivity contribution in [3.05, 3.63) is 101 Å². The molecule has 3 aromatic carbocycles. The number of rotatable bonds is 7. The second-order valence-corrected chi connectivity index (χ2v) is 7.78. The van der Waals surface area contributed by atoms with Crippen LogP contribution in [0.4, 0.5) is 5.69 Å². The quantitative estimate of drug-likeness (QED) is 0.389. The molecule has 1 atom stereocenters. The number of fused-ring (bicyclic) bond motifs is 1. The van der Waals surface area contributed by atoms with Crippen molar-refractivity contribution in [2.45, 2.75) is 6.04 Å². The number of aromatic nitrogens is 1. The monoisotopic (exact) mass is 431 g/mol. The van der Waals surface area contributed by atoms with Crippen LogP contribution in [0.5, 0.6) is 0 Å². The summed E-state index contributed by atoms with van der Waals surface area (Å²) in [5, 5.41) is 4.15. The molecule has 0 bridgehead atoms. The highest BCUT2D eigenvalue weighted by molar-refractivity contribution is 6.33. The Kier molecular flexibility index (Phi) is 6.16. The highest BCUT2D eigenvalue weighted by Gasteiger charge is 2.29. The molecular formula is C25H22ClN3O2. The molecule has 1 aromatic heterocycles. The zero-order valence-corrected chi connectivity index (χ0v) is 17.8. The highest BCUT2D eigenvalue weighted by atomic mass is 35.5. The molecule has 4 aromatic rings. The minimum absolute atomic E-state index is 0.0267. The number of nitrogens with one attached hydrogen (secondary N) is 2. The van der Waals surface area contributed by atoms with Crippen LogP contribution in [0, 0.1) is 0 Å². The van der Waals surface area contributed by atoms with E-state index in [4.69, 9.17) is 11.6 Å². The third-order valence-corrected chi connectivity index (χ3v) is 5.53. The number of ketones is 1. The second kappa shape index (κ2) is 9.16. The lowest BCUT2D eigenvalue weighted by Gasteiger charge is -2.27. The number of hydrogen-bond donors (Lipinski definition) is 2. The molecule has 4 rings (SSSR count). The fourth-order valence-electron chi connectivity index (χ4n) is 3.73. The number of nitrogens with zero attached hydrogens (tertiary/aromatic N) is 1. The molecule has 0 aliphatic heterocycles. The van der Waals surface area contributed by atoms with Crippen molar-refractivity contribution in [3.8, 4) is 0 Å². The Hall–Kier alpha value is -3.41. The molecule has 2 N–H and O–H groups in total. The van der Waals surface area contributed by atoms with E-state index in [1.165, 1.54) is 0 Å². The minimum Gasteiger partial charge on any atom is -0.360 e. The number of likely N-dealkylation sites (N-methyl/N-ethyl adjacent to an activating group) is 1. The molecule has 5 nitrogen and oxygen atoms in total. The molecule has 0 spiro atoms. The number of H-pyrrole nitrogens is 1. The van der Waals surface area contributed by atoms with Crippen molar-refractivity contribution in [1.29, 1.82) is 0 Å². The molecule has 156 valence electrons. The largest absolute Gasteiger partial charge is 0.360 e. The van der Waals surface area contributed by atoms with Crippen LogP contribution in [0.1, 0.15) is 22.0 Å². The van der Waals surface area contributed by atoms with Gasteiger partial charge in [-0.1, -0.05) is 72.3 Å². The molecule has 6 heteroatoms. The zero-order chi connectivity index (χ0) is 21.8. The number of anilines is 1. The maximum Gasteiger partial charge on any atom is 0.238 e. The average Bonchev–Trinajstić information content (AvgIpc) is 3.20. The number of Topliss-reactive ketones (excluding diaryl/α,β-unsaturated/α-hetero) is 1. The van der Waals surface area contributed by atoms with E-state index in [0.717, 1.165) is 16.5 Å². The van der Waals surface area contributed by atoms with E-state index in [0.29, 0.717) is 16.3 Å². The molecule has 0 saturated heterocycles. The number of para-hydroxylation sites is 2. The van der Waals surface area contributed by atoms with E-state index >= 15 is 0 Å². The van der Waals surface area contributed by atoms with Gasteiger partial charge < -0.3 is 10.3 Å². The van der Waals surface area contributed by atoms with Gasteiger partial charge in [0.15, 0.2) is 5.78 Å². The maximum absolute atomic E-state index is 13.6. The Morgan fingerprint density at radius 1 is 0.968 bits per heavy atom. The first-order chi connectivity index (χ1) is 15.0. The molecule has 0 radical (unpaired) electrons. The summed E-state index contributed by atoms with van der Waals surface area (Å²) in [4.78, 5) is 31.3. The first-order valence-corrected chi connectivity index (χ1v) is 10.3. The van der Waals surface area contributed by atoms with Gasteiger partial charge in [-0.15, -0.1) is 0 Å². The summed E-state index contributed by atoms with van der Waals surface area (Å²) in [6, 6.07) is 23.6. The first-order valence-electron chi connectivity index (χ1n) is 9.94. The van der Waals surface area contributed by atoms with Crippen molar-refractivity contribution in [3.63, 3.8) is 0 Å². The van der Waals surface area contributed by atoms with E-state index in [1.807, 2.05) is 54.6 Å². The van der Waals surface area contributed by atoms with Crippen LogP contribution in [-0.4, -0.2) is 35.2 Å². The number of hydrogen-bond acceptors (Lipinski definition) is 3. The van der Waals surface area contributed by atoms with E-state index in [2.05, 4.69) is 10.3 Å². The van der Waals surface area contributed by atoms with E-state index in [1.54, 1.807) is 42.4 Å². The van der Waals surface area contributed by atoms with Gasteiger partial charge in [0.05, 0.1) is 23.3 Å². The van der Waals surface area contributed by atoms with Crippen LogP contribution in [-0.2, 0) is 4.79 Å². The van der Waals surface area contributed by atoms with Gasteiger partial charge in [-0.25, -0.2) is 0 Å². The number of carbonyl (C=O) groups is 2. The zero-order valence-electron chi connectivity index (χ0n) is 17.0. The fourth-order valence-corrected chi connectivity index (χ4v) is 3.92. The Bertz CT molecular complexity index is 1220. The number of amides is 1. The second-order valence-electron chi connectivity index (χ2n) is 7.37. The Balaban J connectivity index is 1.61. The summed E-state index contributed by atoms with van der Waals surface area (Å²) in [7, 11) is 1.77. The van der Waals surface area contributed by atoms with Crippen LogP contribution in [0.15, 0.2) is 85.1 Å². The topological polar surface area (TPSA) is 65.2 Å². The summed E-state index contributed by atoms with van der Waals surface area (Å²) in [6.07, 6.45) is 1.74. The van der Waals surface area contributed by atoms with E-state index in [-0.39, 0.29) is 18.2 Å². The number of aromatic amines is 1. The Labute approximate surface area is 185 Å². The smallest absolute Gasteiger partial charge is 0.238 e. The third kappa shape index (κ3) is 4.53. The van der Waals surface area contributed by atoms with Gasteiger partial charge >= 0.3 is 0 Å².